The zero-order valence-electron chi connectivity index (χ0n) is 15.0. The van der Waals surface area contributed by atoms with Crippen LogP contribution >= 0.6 is 0 Å². The Bertz CT molecular complexity index is 1080. The normalized spacial score (nSPS) is 12.3. The summed E-state index contributed by atoms with van der Waals surface area (Å²) in [6.45, 7) is 1.96. The Morgan fingerprint density at radius 3 is 2.74 bits per heavy atom. The molecule has 136 valence electrons. The van der Waals surface area contributed by atoms with Crippen LogP contribution in [-0.2, 0) is 0 Å². The molecule has 2 N–H and O–H groups in total. The molecule has 4 rings (SSSR count). The van der Waals surface area contributed by atoms with Crippen molar-refractivity contribution in [2.45, 2.75) is 13.0 Å². The number of para-hydroxylation sites is 1. The molecule has 1 amide bonds. The number of hydrogen-bond acceptors (Lipinski definition) is 2. The van der Waals surface area contributed by atoms with E-state index in [0.29, 0.717) is 16.8 Å². The van der Waals surface area contributed by atoms with Crippen LogP contribution in [0.25, 0.3) is 22.2 Å². The van der Waals surface area contributed by atoms with Crippen molar-refractivity contribution in [3.05, 3.63) is 77.9 Å². The molecule has 6 heteroatoms. The van der Waals surface area contributed by atoms with Crippen LogP contribution in [0, 0.1) is 5.82 Å². The number of benzene rings is 2. The minimum Gasteiger partial charge on any atom is -0.357 e. The first-order valence-corrected chi connectivity index (χ1v) is 8.68. The van der Waals surface area contributed by atoms with Crippen molar-refractivity contribution in [1.82, 2.24) is 20.1 Å². The molecule has 5 nitrogen and oxygen atoms in total. The Morgan fingerprint density at radius 1 is 1.15 bits per heavy atom. The van der Waals surface area contributed by atoms with Crippen molar-refractivity contribution in [1.29, 1.82) is 0 Å². The molecule has 27 heavy (non-hydrogen) atoms. The van der Waals surface area contributed by atoms with Gasteiger partial charge in [0.2, 0.25) is 0 Å². The topological polar surface area (TPSA) is 64.8 Å². The second-order valence-corrected chi connectivity index (χ2v) is 6.57. The average molecular weight is 362 g/mol. The van der Waals surface area contributed by atoms with E-state index in [9.17, 15) is 9.18 Å². The molecule has 0 spiro atoms. The standard InChI is InChI=1S/C21H19FN4O/c1-13(19-11-14-6-3-4-9-18(14)24-19)26(2)21(27)17-12-23-25-20(17)15-7-5-8-16(22)10-15/h3-13,24H,1-2H3,(H,23,25). The van der Waals surface area contributed by atoms with E-state index in [2.05, 4.69) is 15.2 Å². The maximum absolute atomic E-state index is 13.6. The third-order valence-corrected chi connectivity index (χ3v) is 4.89. The number of fused-ring (bicyclic) bond motifs is 1. The van der Waals surface area contributed by atoms with Gasteiger partial charge in [-0.25, -0.2) is 4.39 Å². The number of rotatable bonds is 4. The lowest BCUT2D eigenvalue weighted by Gasteiger charge is -2.24. The van der Waals surface area contributed by atoms with Gasteiger partial charge in [-0.2, -0.15) is 5.10 Å². The predicted octanol–water partition coefficient (Wildman–Crippen LogP) is 4.53. The Hall–Kier alpha value is -3.41. The number of amides is 1. The van der Waals surface area contributed by atoms with Crippen LogP contribution in [0.4, 0.5) is 4.39 Å². The van der Waals surface area contributed by atoms with E-state index >= 15 is 0 Å². The number of nitrogens with one attached hydrogen (secondary N) is 2. The minimum atomic E-state index is -0.361. The molecule has 2 heterocycles. The summed E-state index contributed by atoms with van der Waals surface area (Å²) < 4.78 is 13.6. The van der Waals surface area contributed by atoms with Gasteiger partial charge in [0, 0.05) is 23.8 Å². The van der Waals surface area contributed by atoms with Crippen molar-refractivity contribution in [3.63, 3.8) is 0 Å². The van der Waals surface area contributed by atoms with E-state index in [1.165, 1.54) is 18.3 Å². The first kappa shape index (κ1) is 17.0. The quantitative estimate of drug-likeness (QED) is 0.560. The van der Waals surface area contributed by atoms with Crippen LogP contribution in [0.3, 0.4) is 0 Å². The zero-order valence-corrected chi connectivity index (χ0v) is 15.0. The van der Waals surface area contributed by atoms with Crippen LogP contribution < -0.4 is 0 Å². The van der Waals surface area contributed by atoms with Crippen molar-refractivity contribution in [2.75, 3.05) is 7.05 Å². The Morgan fingerprint density at radius 2 is 1.96 bits per heavy atom. The molecule has 2 aromatic carbocycles. The number of carbonyl (C=O) groups is 1. The lowest BCUT2D eigenvalue weighted by atomic mass is 10.1. The van der Waals surface area contributed by atoms with Crippen LogP contribution in [0.15, 0.2) is 60.8 Å². The first-order chi connectivity index (χ1) is 13.0. The summed E-state index contributed by atoms with van der Waals surface area (Å²) in [4.78, 5) is 18.1. The number of H-pyrrole nitrogens is 2. The van der Waals surface area contributed by atoms with Gasteiger partial charge in [0.15, 0.2) is 0 Å². The molecule has 2 aromatic heterocycles. The van der Waals surface area contributed by atoms with Gasteiger partial charge in [0.25, 0.3) is 5.91 Å². The molecular formula is C21H19FN4O. The fourth-order valence-electron chi connectivity index (χ4n) is 3.21. The van der Waals surface area contributed by atoms with E-state index in [1.807, 2.05) is 37.3 Å². The molecule has 0 aliphatic rings. The molecule has 0 saturated heterocycles. The fraction of sp³-hybridized carbons (Fsp3) is 0.143. The van der Waals surface area contributed by atoms with Gasteiger partial charge in [-0.3, -0.25) is 9.89 Å². The molecule has 0 fully saturated rings. The van der Waals surface area contributed by atoms with Crippen molar-refractivity contribution < 1.29 is 9.18 Å². The molecule has 0 aliphatic heterocycles. The van der Waals surface area contributed by atoms with Crippen LogP contribution in [-0.4, -0.2) is 33.0 Å². The summed E-state index contributed by atoms with van der Waals surface area (Å²) in [6.07, 6.45) is 1.48. The van der Waals surface area contributed by atoms with Crippen LogP contribution in [0.2, 0.25) is 0 Å². The van der Waals surface area contributed by atoms with Gasteiger partial charge in [-0.15, -0.1) is 0 Å². The molecular weight excluding hydrogens is 343 g/mol. The van der Waals surface area contributed by atoms with Crippen molar-refractivity contribution in [3.8, 4) is 11.3 Å². The highest BCUT2D eigenvalue weighted by Gasteiger charge is 2.24. The monoisotopic (exact) mass is 362 g/mol. The summed E-state index contributed by atoms with van der Waals surface area (Å²) in [6, 6.07) is 16.0. The molecule has 4 aromatic rings. The van der Waals surface area contributed by atoms with Gasteiger partial charge < -0.3 is 9.88 Å². The molecule has 1 atom stereocenters. The van der Waals surface area contributed by atoms with Crippen molar-refractivity contribution in [2.24, 2.45) is 0 Å². The third kappa shape index (κ3) is 3.10. The average Bonchev–Trinajstić information content (AvgIpc) is 3.33. The second-order valence-electron chi connectivity index (χ2n) is 6.57. The van der Waals surface area contributed by atoms with Crippen molar-refractivity contribution >= 4 is 16.8 Å². The summed E-state index contributed by atoms with van der Waals surface area (Å²) in [7, 11) is 1.75. The molecule has 0 saturated carbocycles. The largest absolute Gasteiger partial charge is 0.357 e. The van der Waals surface area contributed by atoms with E-state index in [4.69, 9.17) is 0 Å². The molecule has 0 bridgehead atoms. The summed E-state index contributed by atoms with van der Waals surface area (Å²) in [5, 5.41) is 7.91. The van der Waals surface area contributed by atoms with E-state index < -0.39 is 0 Å². The van der Waals surface area contributed by atoms with E-state index in [1.54, 1.807) is 24.1 Å². The number of aromatic amines is 2. The van der Waals surface area contributed by atoms with E-state index in [0.717, 1.165) is 16.6 Å². The first-order valence-electron chi connectivity index (χ1n) is 8.68. The lowest BCUT2D eigenvalue weighted by Crippen LogP contribution is -2.30. The van der Waals surface area contributed by atoms with E-state index in [-0.39, 0.29) is 17.8 Å². The summed E-state index contributed by atoms with van der Waals surface area (Å²) in [5.41, 5.74) is 3.48. The van der Waals surface area contributed by atoms with Gasteiger partial charge in [0.1, 0.15) is 5.82 Å². The van der Waals surface area contributed by atoms with Crippen LogP contribution in [0.5, 0.6) is 0 Å². The number of hydrogen-bond donors (Lipinski definition) is 2. The number of carbonyl (C=O) groups excluding carboxylic acids is 1. The summed E-state index contributed by atoms with van der Waals surface area (Å²) in [5.74, 6) is -0.547. The Kier molecular flexibility index (Phi) is 4.24. The number of halogens is 1. The zero-order chi connectivity index (χ0) is 19.0. The molecule has 0 aliphatic carbocycles. The Labute approximate surface area is 155 Å². The van der Waals surface area contributed by atoms with Gasteiger partial charge in [-0.05, 0) is 36.6 Å². The number of nitrogens with zero attached hydrogens (tertiary/aromatic N) is 2. The maximum Gasteiger partial charge on any atom is 0.257 e. The SMILES string of the molecule is CC(c1cc2ccccc2[nH]1)N(C)C(=O)c1cn[nH]c1-c1cccc(F)c1. The molecule has 1 unspecified atom stereocenters. The maximum atomic E-state index is 13.6. The minimum absolute atomic E-state index is 0.167. The highest BCUT2D eigenvalue weighted by atomic mass is 19.1. The second kappa shape index (κ2) is 6.72. The highest BCUT2D eigenvalue weighted by Crippen LogP contribution is 2.27. The fourth-order valence-corrected chi connectivity index (χ4v) is 3.21. The van der Waals surface area contributed by atoms with Gasteiger partial charge >= 0.3 is 0 Å². The predicted molar refractivity (Wildman–Crippen MR) is 103 cm³/mol. The van der Waals surface area contributed by atoms with Gasteiger partial charge in [-0.1, -0.05) is 30.3 Å². The van der Waals surface area contributed by atoms with Gasteiger partial charge in [0.05, 0.1) is 23.5 Å². The third-order valence-electron chi connectivity index (χ3n) is 4.89. The number of aromatic nitrogens is 3. The highest BCUT2D eigenvalue weighted by molar-refractivity contribution is 5.99. The summed E-state index contributed by atoms with van der Waals surface area (Å²) >= 11 is 0. The van der Waals surface area contributed by atoms with Crippen LogP contribution in [0.1, 0.15) is 29.0 Å². The smallest absolute Gasteiger partial charge is 0.257 e. The Balaban J connectivity index is 1.64. The lowest BCUT2D eigenvalue weighted by molar-refractivity contribution is 0.0741. The molecule has 0 radical (unpaired) electrons.